The Hall–Kier alpha value is -3.42. The van der Waals surface area contributed by atoms with E-state index in [4.69, 9.17) is 0 Å². The van der Waals surface area contributed by atoms with Gasteiger partial charge in [-0.15, -0.1) is 0 Å². The number of para-hydroxylation sites is 1. The zero-order valence-corrected chi connectivity index (χ0v) is 16.8. The highest BCUT2D eigenvalue weighted by atomic mass is 19.1. The van der Waals surface area contributed by atoms with Crippen LogP contribution in [0.2, 0.25) is 0 Å². The molecule has 1 aliphatic rings. The maximum Gasteiger partial charge on any atom is 0.321 e. The van der Waals surface area contributed by atoms with Gasteiger partial charge < -0.3 is 20.4 Å². The number of carbonyl (C=O) groups excluding carboxylic acids is 3. The molecule has 30 heavy (non-hydrogen) atoms. The minimum atomic E-state index is -0.451. The smallest absolute Gasteiger partial charge is 0.321 e. The van der Waals surface area contributed by atoms with Crippen molar-refractivity contribution in [1.29, 1.82) is 0 Å². The van der Waals surface area contributed by atoms with Gasteiger partial charge in [0, 0.05) is 31.5 Å². The summed E-state index contributed by atoms with van der Waals surface area (Å²) in [6, 6.07) is 14.5. The molecule has 0 bridgehead atoms. The molecular weight excluding hydrogens is 387 g/mol. The summed E-state index contributed by atoms with van der Waals surface area (Å²) in [5, 5.41) is 5.41. The molecule has 2 aromatic carbocycles. The van der Waals surface area contributed by atoms with E-state index in [2.05, 4.69) is 10.6 Å². The number of hydrogen-bond donors (Lipinski definition) is 2. The van der Waals surface area contributed by atoms with Crippen LogP contribution in [0, 0.1) is 11.7 Å². The van der Waals surface area contributed by atoms with Crippen LogP contribution in [0.1, 0.15) is 12.8 Å². The summed E-state index contributed by atoms with van der Waals surface area (Å²) in [5.41, 5.74) is 1.03. The van der Waals surface area contributed by atoms with Crippen LogP contribution in [0.4, 0.5) is 20.6 Å². The number of benzene rings is 2. The molecule has 2 N–H and O–H groups in total. The van der Waals surface area contributed by atoms with E-state index < -0.39 is 11.7 Å². The van der Waals surface area contributed by atoms with Crippen LogP contribution in [0.15, 0.2) is 54.6 Å². The molecule has 2 aromatic rings. The summed E-state index contributed by atoms with van der Waals surface area (Å²) < 4.78 is 13.2. The number of rotatable bonds is 5. The summed E-state index contributed by atoms with van der Waals surface area (Å²) in [6.45, 7) is 0.724. The molecule has 4 amide bonds. The Labute approximate surface area is 174 Å². The van der Waals surface area contributed by atoms with Crippen LogP contribution in [0.25, 0.3) is 0 Å². The van der Waals surface area contributed by atoms with Crippen molar-refractivity contribution in [2.75, 3.05) is 37.3 Å². The van der Waals surface area contributed by atoms with Crippen LogP contribution in [-0.2, 0) is 9.59 Å². The van der Waals surface area contributed by atoms with E-state index in [0.29, 0.717) is 37.3 Å². The van der Waals surface area contributed by atoms with Gasteiger partial charge in [-0.1, -0.05) is 24.3 Å². The number of amides is 4. The van der Waals surface area contributed by atoms with Crippen molar-refractivity contribution in [2.24, 2.45) is 5.92 Å². The van der Waals surface area contributed by atoms with Gasteiger partial charge >= 0.3 is 6.03 Å². The fourth-order valence-electron chi connectivity index (χ4n) is 3.46. The second-order valence-corrected chi connectivity index (χ2v) is 7.33. The molecule has 1 heterocycles. The van der Waals surface area contributed by atoms with E-state index in [1.807, 2.05) is 18.2 Å². The lowest BCUT2D eigenvalue weighted by molar-refractivity contribution is -0.138. The first kappa shape index (κ1) is 21.3. The van der Waals surface area contributed by atoms with Crippen molar-refractivity contribution < 1.29 is 18.8 Å². The summed E-state index contributed by atoms with van der Waals surface area (Å²) in [6.07, 6.45) is 1.37. The monoisotopic (exact) mass is 412 g/mol. The summed E-state index contributed by atoms with van der Waals surface area (Å²) in [5.74, 6) is -1.42. The zero-order valence-electron chi connectivity index (χ0n) is 16.8. The molecule has 0 saturated carbocycles. The van der Waals surface area contributed by atoms with Gasteiger partial charge in [-0.25, -0.2) is 9.18 Å². The highest BCUT2D eigenvalue weighted by Gasteiger charge is 2.30. The lowest BCUT2D eigenvalue weighted by Crippen LogP contribution is -2.48. The summed E-state index contributed by atoms with van der Waals surface area (Å²) in [4.78, 5) is 40.5. The van der Waals surface area contributed by atoms with Crippen molar-refractivity contribution in [3.05, 3.63) is 60.4 Å². The maximum absolute atomic E-state index is 13.2. The standard InChI is InChI=1S/C22H25FN4O3/c1-26(15-20(28)24-19-11-5-8-17(23)13-19)21(29)16-7-6-12-27(14-16)22(30)25-18-9-3-2-4-10-18/h2-5,8-11,13,16H,6-7,12,14-15H2,1H3,(H,24,28)(H,25,30)/t16-/m0/s1. The number of nitrogens with zero attached hydrogens (tertiary/aromatic N) is 2. The van der Waals surface area contributed by atoms with E-state index in [0.717, 1.165) is 0 Å². The maximum atomic E-state index is 13.2. The van der Waals surface area contributed by atoms with Gasteiger partial charge in [0.25, 0.3) is 0 Å². The molecule has 0 unspecified atom stereocenters. The van der Waals surface area contributed by atoms with E-state index in [-0.39, 0.29) is 24.4 Å². The minimum absolute atomic E-state index is 0.151. The van der Waals surface area contributed by atoms with E-state index in [1.165, 1.54) is 23.1 Å². The van der Waals surface area contributed by atoms with Gasteiger partial charge in [0.15, 0.2) is 0 Å². The Kier molecular flexibility index (Phi) is 7.00. The van der Waals surface area contributed by atoms with Crippen LogP contribution in [0.3, 0.4) is 0 Å². The number of carbonyl (C=O) groups is 3. The van der Waals surface area contributed by atoms with Gasteiger partial charge in [-0.3, -0.25) is 9.59 Å². The van der Waals surface area contributed by atoms with Crippen LogP contribution >= 0.6 is 0 Å². The van der Waals surface area contributed by atoms with Gasteiger partial charge in [-0.2, -0.15) is 0 Å². The molecular formula is C22H25FN4O3. The number of anilines is 2. The van der Waals surface area contributed by atoms with E-state index in [9.17, 15) is 18.8 Å². The predicted molar refractivity (Wildman–Crippen MR) is 112 cm³/mol. The van der Waals surface area contributed by atoms with Gasteiger partial charge in [0.1, 0.15) is 5.82 Å². The molecule has 1 atom stereocenters. The molecule has 8 heteroatoms. The topological polar surface area (TPSA) is 81.8 Å². The number of likely N-dealkylation sites (N-methyl/N-ethyl adjacent to an activating group) is 1. The van der Waals surface area contributed by atoms with Crippen molar-refractivity contribution in [1.82, 2.24) is 9.80 Å². The molecule has 1 saturated heterocycles. The zero-order chi connectivity index (χ0) is 21.5. The first-order valence-corrected chi connectivity index (χ1v) is 9.84. The fourth-order valence-corrected chi connectivity index (χ4v) is 3.46. The number of hydrogen-bond acceptors (Lipinski definition) is 3. The number of nitrogens with one attached hydrogen (secondary N) is 2. The number of halogens is 1. The molecule has 7 nitrogen and oxygen atoms in total. The average Bonchev–Trinajstić information content (AvgIpc) is 2.74. The van der Waals surface area contributed by atoms with Crippen molar-refractivity contribution in [3.8, 4) is 0 Å². The highest BCUT2D eigenvalue weighted by molar-refractivity contribution is 5.95. The molecule has 3 rings (SSSR count). The molecule has 0 spiro atoms. The van der Waals surface area contributed by atoms with Crippen molar-refractivity contribution in [2.45, 2.75) is 12.8 Å². The van der Waals surface area contributed by atoms with Gasteiger partial charge in [0.05, 0.1) is 12.5 Å². The Balaban J connectivity index is 1.52. The van der Waals surface area contributed by atoms with Crippen molar-refractivity contribution >= 4 is 29.2 Å². The molecule has 1 fully saturated rings. The lowest BCUT2D eigenvalue weighted by Gasteiger charge is -2.33. The molecule has 0 aromatic heterocycles. The third-order valence-electron chi connectivity index (χ3n) is 4.95. The molecule has 158 valence electrons. The van der Waals surface area contributed by atoms with E-state index >= 15 is 0 Å². The quantitative estimate of drug-likeness (QED) is 0.792. The van der Waals surface area contributed by atoms with E-state index in [1.54, 1.807) is 30.1 Å². The van der Waals surface area contributed by atoms with Crippen LogP contribution in [0.5, 0.6) is 0 Å². The molecule has 0 aliphatic carbocycles. The van der Waals surface area contributed by atoms with Crippen LogP contribution < -0.4 is 10.6 Å². The average molecular weight is 412 g/mol. The lowest BCUT2D eigenvalue weighted by atomic mass is 9.97. The first-order valence-electron chi connectivity index (χ1n) is 9.84. The third-order valence-corrected chi connectivity index (χ3v) is 4.95. The highest BCUT2D eigenvalue weighted by Crippen LogP contribution is 2.20. The Morgan fingerprint density at radius 3 is 2.53 bits per heavy atom. The predicted octanol–water partition coefficient (Wildman–Crippen LogP) is 3.17. The van der Waals surface area contributed by atoms with Gasteiger partial charge in [0.2, 0.25) is 11.8 Å². The number of piperidine rings is 1. The Morgan fingerprint density at radius 1 is 1.07 bits per heavy atom. The van der Waals surface area contributed by atoms with Crippen molar-refractivity contribution in [3.63, 3.8) is 0 Å². The molecule has 1 aliphatic heterocycles. The minimum Gasteiger partial charge on any atom is -0.336 e. The van der Waals surface area contributed by atoms with Crippen LogP contribution in [-0.4, -0.2) is 54.3 Å². The Morgan fingerprint density at radius 2 is 1.80 bits per heavy atom. The fraction of sp³-hybridized carbons (Fsp3) is 0.318. The first-order chi connectivity index (χ1) is 14.4. The largest absolute Gasteiger partial charge is 0.336 e. The number of likely N-dealkylation sites (tertiary alicyclic amines) is 1. The summed E-state index contributed by atoms with van der Waals surface area (Å²) >= 11 is 0. The van der Waals surface area contributed by atoms with Gasteiger partial charge in [-0.05, 0) is 43.2 Å². The number of urea groups is 1. The molecule has 0 radical (unpaired) electrons. The SMILES string of the molecule is CN(CC(=O)Nc1cccc(F)c1)C(=O)[C@H]1CCCN(C(=O)Nc2ccccc2)C1. The normalized spacial score (nSPS) is 15.9. The Bertz CT molecular complexity index is 906. The second-order valence-electron chi connectivity index (χ2n) is 7.33. The summed E-state index contributed by atoms with van der Waals surface area (Å²) in [7, 11) is 1.55. The second kappa shape index (κ2) is 9.87. The third kappa shape index (κ3) is 5.79.